The van der Waals surface area contributed by atoms with E-state index in [1.165, 1.54) is 0 Å². The van der Waals surface area contributed by atoms with Gasteiger partial charge in [-0.3, -0.25) is 4.79 Å². The van der Waals surface area contributed by atoms with Gasteiger partial charge in [0.2, 0.25) is 5.91 Å². The lowest BCUT2D eigenvalue weighted by molar-refractivity contribution is -0.116. The first kappa shape index (κ1) is 17.3. The Hall–Kier alpha value is -2.01. The maximum atomic E-state index is 12.1. The van der Waals surface area contributed by atoms with Gasteiger partial charge in [-0.15, -0.1) is 0 Å². The van der Waals surface area contributed by atoms with Gasteiger partial charge >= 0.3 is 0 Å². The van der Waals surface area contributed by atoms with Crippen LogP contribution in [0.5, 0.6) is 11.5 Å². The second-order valence-corrected chi connectivity index (χ2v) is 6.11. The van der Waals surface area contributed by atoms with Gasteiger partial charge < -0.3 is 14.8 Å². The fourth-order valence-electron chi connectivity index (χ4n) is 2.24. The van der Waals surface area contributed by atoms with E-state index in [1.54, 1.807) is 14.2 Å². The molecule has 0 aliphatic rings. The van der Waals surface area contributed by atoms with Gasteiger partial charge in [0.15, 0.2) is 11.5 Å². The number of carbonyl (C=O) groups excluding carboxylic acids is 1. The fraction of sp³-hybridized carbons (Fsp3) is 0.278. The molecule has 23 heavy (non-hydrogen) atoms. The van der Waals surface area contributed by atoms with Gasteiger partial charge in [-0.25, -0.2) is 0 Å². The number of methoxy groups -OCH3 is 2. The largest absolute Gasteiger partial charge is 0.493 e. The van der Waals surface area contributed by atoms with Crippen molar-refractivity contribution < 1.29 is 14.3 Å². The summed E-state index contributed by atoms with van der Waals surface area (Å²) in [4.78, 5) is 12.1. The lowest BCUT2D eigenvalue weighted by atomic mass is 10.1. The van der Waals surface area contributed by atoms with Gasteiger partial charge in [-0.05, 0) is 48.7 Å². The molecule has 2 aromatic carbocycles. The average Bonchev–Trinajstić information content (AvgIpc) is 2.56. The number of amides is 1. The van der Waals surface area contributed by atoms with Crippen LogP contribution in [0, 0.1) is 6.92 Å². The highest BCUT2D eigenvalue weighted by atomic mass is 79.9. The molecule has 5 heteroatoms. The minimum Gasteiger partial charge on any atom is -0.493 e. The van der Waals surface area contributed by atoms with Crippen LogP contribution in [-0.4, -0.2) is 20.1 Å². The fourth-order valence-corrected chi connectivity index (χ4v) is 2.60. The zero-order valence-corrected chi connectivity index (χ0v) is 15.1. The summed E-state index contributed by atoms with van der Waals surface area (Å²) in [5.74, 6) is 1.35. The first-order valence-corrected chi connectivity index (χ1v) is 8.09. The third-order valence-electron chi connectivity index (χ3n) is 3.56. The molecule has 1 amide bonds. The Kier molecular flexibility index (Phi) is 6.04. The lowest BCUT2D eigenvalue weighted by Gasteiger charge is -2.11. The Balaban J connectivity index is 1.98. The summed E-state index contributed by atoms with van der Waals surface area (Å²) >= 11 is 3.41. The molecular weight excluding hydrogens is 358 g/mol. The number of carbonyl (C=O) groups is 1. The second-order valence-electron chi connectivity index (χ2n) is 5.20. The predicted octanol–water partition coefficient (Wildman–Crippen LogP) is 4.35. The highest BCUT2D eigenvalue weighted by Gasteiger charge is 2.08. The molecule has 0 aliphatic carbocycles. The monoisotopic (exact) mass is 377 g/mol. The number of hydrogen-bond donors (Lipinski definition) is 1. The zero-order valence-electron chi connectivity index (χ0n) is 13.5. The summed E-state index contributed by atoms with van der Waals surface area (Å²) in [6.45, 7) is 1.97. The van der Waals surface area contributed by atoms with Crippen LogP contribution in [0.3, 0.4) is 0 Å². The number of rotatable bonds is 6. The van der Waals surface area contributed by atoms with Gasteiger partial charge in [0.05, 0.1) is 14.2 Å². The minimum absolute atomic E-state index is 0.0130. The van der Waals surface area contributed by atoms with Crippen molar-refractivity contribution in [2.75, 3.05) is 19.5 Å². The van der Waals surface area contributed by atoms with Crippen molar-refractivity contribution in [1.29, 1.82) is 0 Å². The molecule has 2 rings (SSSR count). The molecule has 0 radical (unpaired) electrons. The van der Waals surface area contributed by atoms with E-state index in [2.05, 4.69) is 21.2 Å². The molecule has 0 atom stereocenters. The number of ether oxygens (including phenoxy) is 2. The molecular formula is C18H20BrNO3. The van der Waals surface area contributed by atoms with Crippen LogP contribution in [0.4, 0.5) is 5.69 Å². The van der Waals surface area contributed by atoms with E-state index in [1.807, 2.05) is 43.3 Å². The standard InChI is InChI=1S/C18H20BrNO3/c1-12-4-7-14(19)11-15(12)20-18(21)9-6-13-5-8-16(22-2)17(10-13)23-3/h4-5,7-8,10-11H,6,9H2,1-3H3,(H,20,21). The molecule has 0 aromatic heterocycles. The SMILES string of the molecule is COc1ccc(CCC(=O)Nc2cc(Br)ccc2C)cc1OC. The third kappa shape index (κ3) is 4.73. The van der Waals surface area contributed by atoms with E-state index in [0.29, 0.717) is 24.3 Å². The van der Waals surface area contributed by atoms with Crippen LogP contribution >= 0.6 is 15.9 Å². The summed E-state index contributed by atoms with van der Waals surface area (Å²) in [5, 5.41) is 2.95. The molecule has 0 saturated heterocycles. The number of nitrogens with one attached hydrogen (secondary N) is 1. The van der Waals surface area contributed by atoms with Gasteiger partial charge in [0.1, 0.15) is 0 Å². The van der Waals surface area contributed by atoms with Crippen molar-refractivity contribution >= 4 is 27.5 Å². The highest BCUT2D eigenvalue weighted by molar-refractivity contribution is 9.10. The second kappa shape index (κ2) is 8.02. The molecule has 122 valence electrons. The summed E-state index contributed by atoms with van der Waals surface area (Å²) in [5.41, 5.74) is 2.90. The minimum atomic E-state index is -0.0130. The van der Waals surface area contributed by atoms with E-state index in [-0.39, 0.29) is 5.91 Å². The molecule has 0 fully saturated rings. The zero-order chi connectivity index (χ0) is 16.8. The van der Waals surface area contributed by atoms with Crippen LogP contribution in [0.1, 0.15) is 17.5 Å². The van der Waals surface area contributed by atoms with E-state index in [4.69, 9.17) is 9.47 Å². The smallest absolute Gasteiger partial charge is 0.224 e. The summed E-state index contributed by atoms with van der Waals surface area (Å²) in [7, 11) is 3.20. The van der Waals surface area contributed by atoms with Gasteiger partial charge in [0.25, 0.3) is 0 Å². The van der Waals surface area contributed by atoms with Gasteiger partial charge in [-0.2, -0.15) is 0 Å². The van der Waals surface area contributed by atoms with E-state index < -0.39 is 0 Å². The molecule has 0 spiro atoms. The first-order valence-electron chi connectivity index (χ1n) is 7.30. The highest BCUT2D eigenvalue weighted by Crippen LogP contribution is 2.28. The molecule has 0 aliphatic heterocycles. The number of hydrogen-bond acceptors (Lipinski definition) is 3. The molecule has 4 nitrogen and oxygen atoms in total. The summed E-state index contributed by atoms with van der Waals surface area (Å²) in [6.07, 6.45) is 1.04. The van der Waals surface area contributed by atoms with Crippen LogP contribution in [0.2, 0.25) is 0 Å². The number of halogens is 1. The van der Waals surface area contributed by atoms with E-state index >= 15 is 0 Å². The van der Waals surface area contributed by atoms with Crippen molar-refractivity contribution in [3.05, 3.63) is 52.0 Å². The number of aryl methyl sites for hydroxylation is 2. The third-order valence-corrected chi connectivity index (χ3v) is 4.06. The number of benzene rings is 2. The van der Waals surface area contributed by atoms with Gasteiger partial charge in [0, 0.05) is 16.6 Å². The van der Waals surface area contributed by atoms with Gasteiger partial charge in [-0.1, -0.05) is 28.1 Å². The van der Waals surface area contributed by atoms with Crippen LogP contribution in [0.25, 0.3) is 0 Å². The maximum absolute atomic E-state index is 12.1. The van der Waals surface area contributed by atoms with Crippen molar-refractivity contribution in [3.63, 3.8) is 0 Å². The first-order chi connectivity index (χ1) is 11.0. The van der Waals surface area contributed by atoms with Crippen molar-refractivity contribution in [2.24, 2.45) is 0 Å². The molecule has 0 saturated carbocycles. The van der Waals surface area contributed by atoms with Crippen molar-refractivity contribution in [2.45, 2.75) is 19.8 Å². The maximum Gasteiger partial charge on any atom is 0.224 e. The Labute approximate surface area is 144 Å². The Morgan fingerprint density at radius 1 is 1.09 bits per heavy atom. The average molecular weight is 378 g/mol. The van der Waals surface area contributed by atoms with E-state index in [0.717, 1.165) is 21.3 Å². The molecule has 0 heterocycles. The summed E-state index contributed by atoms with van der Waals surface area (Å²) < 4.78 is 11.4. The topological polar surface area (TPSA) is 47.6 Å². The Morgan fingerprint density at radius 3 is 2.52 bits per heavy atom. The molecule has 1 N–H and O–H groups in total. The molecule has 0 unspecified atom stereocenters. The Bertz CT molecular complexity index is 701. The normalized spacial score (nSPS) is 10.3. The lowest BCUT2D eigenvalue weighted by Crippen LogP contribution is -2.13. The molecule has 0 bridgehead atoms. The van der Waals surface area contributed by atoms with Crippen molar-refractivity contribution in [1.82, 2.24) is 0 Å². The van der Waals surface area contributed by atoms with Crippen molar-refractivity contribution in [3.8, 4) is 11.5 Å². The Morgan fingerprint density at radius 2 is 1.83 bits per heavy atom. The van der Waals surface area contributed by atoms with Crippen LogP contribution in [-0.2, 0) is 11.2 Å². The van der Waals surface area contributed by atoms with Crippen LogP contribution in [0.15, 0.2) is 40.9 Å². The quantitative estimate of drug-likeness (QED) is 0.813. The van der Waals surface area contributed by atoms with E-state index in [9.17, 15) is 4.79 Å². The number of anilines is 1. The predicted molar refractivity (Wildman–Crippen MR) is 95.4 cm³/mol. The summed E-state index contributed by atoms with van der Waals surface area (Å²) in [6, 6.07) is 11.5. The van der Waals surface area contributed by atoms with Crippen LogP contribution < -0.4 is 14.8 Å². The molecule has 2 aromatic rings.